The fraction of sp³-hybridized carbons (Fsp3) is 0.167. The maximum absolute atomic E-state index is 5.33. The Balaban J connectivity index is 1.67. The maximum Gasteiger partial charge on any atom is 0.187 e. The summed E-state index contributed by atoms with van der Waals surface area (Å²) in [5.41, 5.74) is 4.75. The number of rotatable bonds is 3. The molecule has 4 rings (SSSR count). The van der Waals surface area contributed by atoms with Crippen LogP contribution in [0.5, 0.6) is 5.75 Å². The molecule has 1 aliphatic carbocycles. The fourth-order valence-corrected chi connectivity index (χ4v) is 4.18. The van der Waals surface area contributed by atoms with Crippen molar-refractivity contribution >= 4 is 44.7 Å². The minimum Gasteiger partial charge on any atom is -0.497 e. The number of ether oxygens (including phenoxy) is 1. The lowest BCUT2D eigenvalue weighted by molar-refractivity contribution is 0.414. The quantitative estimate of drug-likeness (QED) is 0.571. The van der Waals surface area contributed by atoms with Crippen molar-refractivity contribution in [1.29, 1.82) is 0 Å². The van der Waals surface area contributed by atoms with Crippen molar-refractivity contribution in [2.75, 3.05) is 12.4 Å². The molecule has 2 aromatic carbocycles. The van der Waals surface area contributed by atoms with Crippen LogP contribution in [0.25, 0.3) is 11.3 Å². The van der Waals surface area contributed by atoms with E-state index < -0.39 is 0 Å². The summed E-state index contributed by atoms with van der Waals surface area (Å²) in [5.74, 6) is 0.916. The molecule has 3 aromatic rings. The molecule has 1 aliphatic rings. The van der Waals surface area contributed by atoms with E-state index >= 15 is 0 Å². The Morgan fingerprint density at radius 3 is 2.74 bits per heavy atom. The Hall–Kier alpha value is -1.60. The molecule has 0 spiro atoms. The molecule has 3 nitrogen and oxygen atoms in total. The number of benzene rings is 2. The lowest BCUT2D eigenvalue weighted by atomic mass is 9.93. The minimum absolute atomic E-state index is 0.916. The fourth-order valence-electron chi connectivity index (χ4n) is 2.82. The Kier molecular flexibility index (Phi) is 3.98. The summed E-state index contributed by atoms with van der Waals surface area (Å²) in [7, 11) is 1.71. The van der Waals surface area contributed by atoms with Gasteiger partial charge in [0.25, 0.3) is 0 Å². The highest BCUT2D eigenvalue weighted by Gasteiger charge is 2.21. The molecule has 1 aromatic heterocycles. The predicted molar refractivity (Wildman–Crippen MR) is 104 cm³/mol. The third-order valence-electron chi connectivity index (χ3n) is 3.98. The van der Waals surface area contributed by atoms with Crippen LogP contribution in [0.1, 0.15) is 10.4 Å². The van der Waals surface area contributed by atoms with Crippen LogP contribution < -0.4 is 10.1 Å². The van der Waals surface area contributed by atoms with Crippen molar-refractivity contribution in [3.63, 3.8) is 0 Å². The Morgan fingerprint density at radius 2 is 1.96 bits per heavy atom. The molecule has 0 atom stereocenters. The summed E-state index contributed by atoms with van der Waals surface area (Å²) in [4.78, 5) is 6.19. The van der Waals surface area contributed by atoms with E-state index in [1.54, 1.807) is 18.4 Å². The number of fused-ring (bicyclic) bond motifs is 3. The third kappa shape index (κ3) is 2.95. The zero-order valence-corrected chi connectivity index (χ0v) is 15.6. The van der Waals surface area contributed by atoms with Gasteiger partial charge < -0.3 is 10.1 Å². The van der Waals surface area contributed by atoms with Crippen molar-refractivity contribution in [1.82, 2.24) is 4.98 Å². The number of aryl methyl sites for hydroxylation is 2. The molecular weight excluding hydrogens is 419 g/mol. The van der Waals surface area contributed by atoms with Crippen molar-refractivity contribution in [3.8, 4) is 17.0 Å². The number of halogens is 1. The van der Waals surface area contributed by atoms with Crippen LogP contribution >= 0.6 is 33.9 Å². The second-order valence-electron chi connectivity index (χ2n) is 5.45. The maximum atomic E-state index is 5.33. The van der Waals surface area contributed by atoms with E-state index in [1.165, 1.54) is 19.6 Å². The Labute approximate surface area is 152 Å². The van der Waals surface area contributed by atoms with Gasteiger partial charge in [-0.2, -0.15) is 0 Å². The standard InChI is InChI=1S/C18H15IN2OS/c1-22-14-7-8-15-11(10-14)2-9-16-17(15)21-18(23-16)20-13-5-3-12(19)4-6-13/h3-8,10H,2,9H2,1H3,(H,20,21). The van der Waals surface area contributed by atoms with Crippen LogP contribution in [0.3, 0.4) is 0 Å². The van der Waals surface area contributed by atoms with Gasteiger partial charge in [0.05, 0.1) is 12.8 Å². The SMILES string of the molecule is COc1ccc2c(c1)CCc1sc(Nc3ccc(I)cc3)nc1-2. The van der Waals surface area contributed by atoms with Gasteiger partial charge in [0.1, 0.15) is 5.75 Å². The molecule has 0 aliphatic heterocycles. The summed E-state index contributed by atoms with van der Waals surface area (Å²) < 4.78 is 6.56. The number of thiazole rings is 1. The Bertz CT molecular complexity index is 858. The van der Waals surface area contributed by atoms with E-state index in [9.17, 15) is 0 Å². The monoisotopic (exact) mass is 434 g/mol. The van der Waals surface area contributed by atoms with Gasteiger partial charge in [-0.05, 0) is 83.5 Å². The van der Waals surface area contributed by atoms with E-state index in [-0.39, 0.29) is 0 Å². The topological polar surface area (TPSA) is 34.1 Å². The van der Waals surface area contributed by atoms with Crippen molar-refractivity contribution in [2.45, 2.75) is 12.8 Å². The highest BCUT2D eigenvalue weighted by Crippen LogP contribution is 2.40. The van der Waals surface area contributed by atoms with Crippen molar-refractivity contribution in [2.24, 2.45) is 0 Å². The molecule has 0 bridgehead atoms. The lowest BCUT2D eigenvalue weighted by Crippen LogP contribution is -2.02. The molecule has 0 saturated heterocycles. The van der Waals surface area contributed by atoms with Crippen LogP contribution in [0.2, 0.25) is 0 Å². The summed E-state index contributed by atoms with van der Waals surface area (Å²) in [6.07, 6.45) is 2.09. The van der Waals surface area contributed by atoms with Gasteiger partial charge in [-0.3, -0.25) is 0 Å². The van der Waals surface area contributed by atoms with Crippen LogP contribution in [0.15, 0.2) is 42.5 Å². The van der Waals surface area contributed by atoms with Gasteiger partial charge in [0, 0.05) is 19.7 Å². The molecule has 0 fully saturated rings. The molecule has 0 amide bonds. The number of nitrogens with zero attached hydrogens (tertiary/aromatic N) is 1. The van der Waals surface area contributed by atoms with E-state index in [2.05, 4.69) is 64.3 Å². The van der Waals surface area contributed by atoms with Crippen LogP contribution in [-0.4, -0.2) is 12.1 Å². The van der Waals surface area contributed by atoms with Gasteiger partial charge in [0.15, 0.2) is 5.13 Å². The van der Waals surface area contributed by atoms with Gasteiger partial charge in [0.2, 0.25) is 0 Å². The number of aromatic nitrogens is 1. The highest BCUT2D eigenvalue weighted by atomic mass is 127. The Morgan fingerprint density at radius 1 is 1.13 bits per heavy atom. The first-order valence-electron chi connectivity index (χ1n) is 7.42. The number of anilines is 2. The zero-order chi connectivity index (χ0) is 15.8. The molecule has 116 valence electrons. The molecule has 5 heteroatoms. The second kappa shape index (κ2) is 6.13. The van der Waals surface area contributed by atoms with Gasteiger partial charge in [-0.25, -0.2) is 4.98 Å². The smallest absolute Gasteiger partial charge is 0.187 e. The predicted octanol–water partition coefficient (Wildman–Crippen LogP) is 5.27. The summed E-state index contributed by atoms with van der Waals surface area (Å²) in [6, 6.07) is 14.6. The van der Waals surface area contributed by atoms with Crippen LogP contribution in [0, 0.1) is 3.57 Å². The average Bonchev–Trinajstić information content (AvgIpc) is 2.99. The minimum atomic E-state index is 0.916. The van der Waals surface area contributed by atoms with Crippen LogP contribution in [0.4, 0.5) is 10.8 Å². The first-order valence-corrected chi connectivity index (χ1v) is 9.32. The number of hydrogen-bond acceptors (Lipinski definition) is 4. The van der Waals surface area contributed by atoms with Crippen molar-refractivity contribution in [3.05, 3.63) is 56.5 Å². The molecular formula is C18H15IN2OS. The average molecular weight is 434 g/mol. The number of hydrogen-bond donors (Lipinski definition) is 1. The first-order chi connectivity index (χ1) is 11.2. The van der Waals surface area contributed by atoms with Gasteiger partial charge in [-0.15, -0.1) is 11.3 Å². The van der Waals surface area contributed by atoms with E-state index in [4.69, 9.17) is 9.72 Å². The number of methoxy groups -OCH3 is 1. The molecule has 0 radical (unpaired) electrons. The second-order valence-corrected chi connectivity index (χ2v) is 7.78. The summed E-state index contributed by atoms with van der Waals surface area (Å²) in [5, 5.41) is 4.38. The molecule has 23 heavy (non-hydrogen) atoms. The zero-order valence-electron chi connectivity index (χ0n) is 12.6. The molecule has 1 N–H and O–H groups in total. The lowest BCUT2D eigenvalue weighted by Gasteiger charge is -2.15. The number of nitrogens with one attached hydrogen (secondary N) is 1. The van der Waals surface area contributed by atoms with E-state index in [0.717, 1.165) is 35.1 Å². The molecule has 0 saturated carbocycles. The van der Waals surface area contributed by atoms with Gasteiger partial charge >= 0.3 is 0 Å². The summed E-state index contributed by atoms with van der Waals surface area (Å²) >= 11 is 4.06. The molecule has 1 heterocycles. The largest absolute Gasteiger partial charge is 0.497 e. The van der Waals surface area contributed by atoms with Gasteiger partial charge in [-0.1, -0.05) is 0 Å². The third-order valence-corrected chi connectivity index (χ3v) is 5.73. The normalized spacial score (nSPS) is 12.4. The molecule has 0 unspecified atom stereocenters. The van der Waals surface area contributed by atoms with E-state index in [1.807, 2.05) is 6.07 Å². The first kappa shape index (κ1) is 15.0. The van der Waals surface area contributed by atoms with E-state index in [0.29, 0.717) is 0 Å². The highest BCUT2D eigenvalue weighted by molar-refractivity contribution is 14.1. The van der Waals surface area contributed by atoms with Crippen LogP contribution in [-0.2, 0) is 12.8 Å². The summed E-state index contributed by atoms with van der Waals surface area (Å²) in [6.45, 7) is 0. The van der Waals surface area contributed by atoms with Crippen molar-refractivity contribution < 1.29 is 4.74 Å².